The van der Waals surface area contributed by atoms with Crippen molar-refractivity contribution in [3.05, 3.63) is 16.6 Å². The molecule has 2 unspecified atom stereocenters. The van der Waals surface area contributed by atoms with Crippen molar-refractivity contribution in [1.82, 2.24) is 4.98 Å². The van der Waals surface area contributed by atoms with Crippen molar-refractivity contribution in [2.75, 3.05) is 0 Å². The monoisotopic (exact) mass is 239 g/mol. The lowest BCUT2D eigenvalue weighted by Gasteiger charge is -2.44. The molecule has 2 nitrogen and oxygen atoms in total. The highest BCUT2D eigenvalue weighted by Crippen LogP contribution is 2.45. The first kappa shape index (κ1) is 12.1. The van der Waals surface area contributed by atoms with Crippen LogP contribution in [0.4, 0.5) is 0 Å². The Kier molecular flexibility index (Phi) is 3.10. The topological polar surface area (TPSA) is 33.1 Å². The maximum Gasteiger partial charge on any atom is 0.0794 e. The lowest BCUT2D eigenvalue weighted by atomic mass is 9.65. The van der Waals surface area contributed by atoms with E-state index in [2.05, 4.69) is 25.8 Å². The molecule has 1 aromatic heterocycles. The zero-order valence-electron chi connectivity index (χ0n) is 10.4. The summed E-state index contributed by atoms with van der Waals surface area (Å²) in [6, 6.07) is 0. The number of aliphatic hydroxyl groups is 1. The first-order valence-corrected chi connectivity index (χ1v) is 6.86. The Morgan fingerprint density at radius 1 is 1.50 bits per heavy atom. The van der Waals surface area contributed by atoms with Gasteiger partial charge in [-0.15, -0.1) is 11.3 Å². The van der Waals surface area contributed by atoms with Gasteiger partial charge in [0.2, 0.25) is 0 Å². The summed E-state index contributed by atoms with van der Waals surface area (Å²) < 4.78 is 0. The second-order valence-corrected chi connectivity index (χ2v) is 7.19. The molecule has 0 spiro atoms. The van der Waals surface area contributed by atoms with Gasteiger partial charge in [0.05, 0.1) is 11.1 Å². The highest BCUT2D eigenvalue weighted by molar-refractivity contribution is 7.09. The van der Waals surface area contributed by atoms with Crippen LogP contribution in [0.3, 0.4) is 0 Å². The van der Waals surface area contributed by atoms with E-state index in [0.29, 0.717) is 5.92 Å². The molecule has 1 saturated carbocycles. The number of rotatable bonds is 2. The molecule has 2 rings (SSSR count). The first-order valence-electron chi connectivity index (χ1n) is 5.98. The Morgan fingerprint density at radius 3 is 2.81 bits per heavy atom. The third kappa shape index (κ3) is 2.83. The predicted molar refractivity (Wildman–Crippen MR) is 67.6 cm³/mol. The molecule has 1 aliphatic rings. The van der Waals surface area contributed by atoms with E-state index in [1.165, 1.54) is 11.3 Å². The van der Waals surface area contributed by atoms with Gasteiger partial charge in [0.1, 0.15) is 0 Å². The van der Waals surface area contributed by atoms with E-state index in [1.54, 1.807) is 11.3 Å². The van der Waals surface area contributed by atoms with Crippen molar-refractivity contribution in [2.24, 2.45) is 11.3 Å². The van der Waals surface area contributed by atoms with Crippen LogP contribution in [0.2, 0.25) is 0 Å². The molecule has 0 radical (unpaired) electrons. The summed E-state index contributed by atoms with van der Waals surface area (Å²) in [6.07, 6.45) is 5.70. The quantitative estimate of drug-likeness (QED) is 0.859. The Labute approximate surface area is 102 Å². The van der Waals surface area contributed by atoms with E-state index in [0.717, 1.165) is 19.3 Å². The molecule has 1 fully saturated rings. The normalized spacial score (nSPS) is 33.9. The van der Waals surface area contributed by atoms with Gasteiger partial charge in [0.25, 0.3) is 0 Å². The Balaban J connectivity index is 2.11. The SMILES string of the molecule is CC1CC(C)(C)CC(O)(Cc2cncs2)C1. The number of hydrogen-bond donors (Lipinski definition) is 1. The number of nitrogens with zero attached hydrogens (tertiary/aromatic N) is 1. The van der Waals surface area contributed by atoms with Gasteiger partial charge in [0, 0.05) is 17.5 Å². The summed E-state index contributed by atoms with van der Waals surface area (Å²) in [4.78, 5) is 5.28. The fourth-order valence-corrected chi connectivity index (χ4v) is 4.22. The van der Waals surface area contributed by atoms with Crippen LogP contribution in [0.25, 0.3) is 0 Å². The summed E-state index contributed by atoms with van der Waals surface area (Å²) in [6.45, 7) is 6.78. The average molecular weight is 239 g/mol. The fraction of sp³-hybridized carbons (Fsp3) is 0.769. The third-order valence-corrected chi connectivity index (χ3v) is 4.20. The van der Waals surface area contributed by atoms with Crippen molar-refractivity contribution < 1.29 is 5.11 Å². The van der Waals surface area contributed by atoms with Gasteiger partial charge in [-0.1, -0.05) is 20.8 Å². The van der Waals surface area contributed by atoms with Crippen molar-refractivity contribution >= 4 is 11.3 Å². The second kappa shape index (κ2) is 4.11. The fourth-order valence-electron chi connectivity index (χ4n) is 3.49. The lowest BCUT2D eigenvalue weighted by Crippen LogP contribution is -2.43. The molecule has 16 heavy (non-hydrogen) atoms. The maximum atomic E-state index is 10.7. The van der Waals surface area contributed by atoms with E-state index < -0.39 is 5.60 Å². The summed E-state index contributed by atoms with van der Waals surface area (Å²) in [5, 5.41) is 10.7. The van der Waals surface area contributed by atoms with Gasteiger partial charge in [-0.25, -0.2) is 0 Å². The number of hydrogen-bond acceptors (Lipinski definition) is 3. The average Bonchev–Trinajstić information content (AvgIpc) is 2.49. The number of aromatic nitrogens is 1. The van der Waals surface area contributed by atoms with Crippen LogP contribution in [0.1, 0.15) is 44.9 Å². The molecule has 0 aliphatic heterocycles. The standard InChI is InChI=1S/C13H21NOS/c1-10-4-12(2,3)8-13(15,5-10)6-11-7-14-9-16-11/h7,9-10,15H,4-6,8H2,1-3H3. The van der Waals surface area contributed by atoms with Gasteiger partial charge in [-0.3, -0.25) is 4.98 Å². The summed E-state index contributed by atoms with van der Waals surface area (Å²) in [5.74, 6) is 0.613. The molecule has 0 bridgehead atoms. The Hall–Kier alpha value is -0.410. The molecule has 2 atom stereocenters. The Bertz CT molecular complexity index is 347. The maximum absolute atomic E-state index is 10.7. The highest BCUT2D eigenvalue weighted by atomic mass is 32.1. The van der Waals surface area contributed by atoms with Gasteiger partial charge in [0.15, 0.2) is 0 Å². The van der Waals surface area contributed by atoms with E-state index in [-0.39, 0.29) is 5.41 Å². The molecule has 90 valence electrons. The van der Waals surface area contributed by atoms with Gasteiger partial charge in [-0.2, -0.15) is 0 Å². The van der Waals surface area contributed by atoms with E-state index in [1.807, 2.05) is 11.7 Å². The molecule has 1 heterocycles. The molecule has 1 aromatic rings. The minimum absolute atomic E-state index is 0.261. The van der Waals surface area contributed by atoms with Gasteiger partial charge >= 0.3 is 0 Å². The van der Waals surface area contributed by atoms with Crippen LogP contribution in [0.5, 0.6) is 0 Å². The van der Waals surface area contributed by atoms with Crippen LogP contribution in [0.15, 0.2) is 11.7 Å². The van der Waals surface area contributed by atoms with Crippen molar-refractivity contribution in [1.29, 1.82) is 0 Å². The van der Waals surface area contributed by atoms with Crippen molar-refractivity contribution in [2.45, 2.75) is 52.1 Å². The van der Waals surface area contributed by atoms with Crippen LogP contribution < -0.4 is 0 Å². The number of thiazole rings is 1. The second-order valence-electron chi connectivity index (χ2n) is 6.22. The molecule has 1 N–H and O–H groups in total. The lowest BCUT2D eigenvalue weighted by molar-refractivity contribution is -0.0569. The van der Waals surface area contributed by atoms with Gasteiger partial charge < -0.3 is 5.11 Å². The molecule has 1 aliphatic carbocycles. The summed E-state index contributed by atoms with van der Waals surface area (Å²) in [5.41, 5.74) is 1.58. The van der Waals surface area contributed by atoms with E-state index >= 15 is 0 Å². The Morgan fingerprint density at radius 2 is 2.25 bits per heavy atom. The van der Waals surface area contributed by atoms with Crippen LogP contribution >= 0.6 is 11.3 Å². The van der Waals surface area contributed by atoms with E-state index in [9.17, 15) is 5.11 Å². The van der Waals surface area contributed by atoms with Crippen LogP contribution in [-0.2, 0) is 6.42 Å². The smallest absolute Gasteiger partial charge is 0.0794 e. The van der Waals surface area contributed by atoms with Gasteiger partial charge in [-0.05, 0) is 30.6 Å². The predicted octanol–water partition coefficient (Wildman–Crippen LogP) is 3.26. The highest BCUT2D eigenvalue weighted by Gasteiger charge is 2.41. The molecular weight excluding hydrogens is 218 g/mol. The molecular formula is C13H21NOS. The van der Waals surface area contributed by atoms with Crippen LogP contribution in [-0.4, -0.2) is 15.7 Å². The minimum Gasteiger partial charge on any atom is -0.389 e. The minimum atomic E-state index is -0.520. The molecule has 3 heteroatoms. The largest absolute Gasteiger partial charge is 0.389 e. The third-order valence-electron chi connectivity index (χ3n) is 3.42. The van der Waals surface area contributed by atoms with Crippen LogP contribution in [0, 0.1) is 11.3 Å². The van der Waals surface area contributed by atoms with Crippen molar-refractivity contribution in [3.63, 3.8) is 0 Å². The first-order chi connectivity index (χ1) is 7.39. The zero-order chi connectivity index (χ0) is 11.8. The zero-order valence-corrected chi connectivity index (χ0v) is 11.2. The van der Waals surface area contributed by atoms with Crippen molar-refractivity contribution in [3.8, 4) is 0 Å². The summed E-state index contributed by atoms with van der Waals surface area (Å²) in [7, 11) is 0. The molecule has 0 amide bonds. The molecule has 0 saturated heterocycles. The van der Waals surface area contributed by atoms with E-state index in [4.69, 9.17) is 0 Å². The molecule has 0 aromatic carbocycles. The summed E-state index contributed by atoms with van der Waals surface area (Å²) >= 11 is 1.65.